The van der Waals surface area contributed by atoms with Gasteiger partial charge in [-0.2, -0.15) is 0 Å². The monoisotopic (exact) mass is 286 g/mol. The Labute approximate surface area is 119 Å². The number of benzene rings is 1. The smallest absolute Gasteiger partial charge is 0.0609 e. The molecule has 100 valence electrons. The van der Waals surface area contributed by atoms with Crippen LogP contribution in [0.5, 0.6) is 0 Å². The molecule has 0 saturated heterocycles. The van der Waals surface area contributed by atoms with Gasteiger partial charge in [-0.3, -0.25) is 0 Å². The molecule has 1 unspecified atom stereocenters. The Morgan fingerprint density at radius 3 is 2.44 bits per heavy atom. The Bertz CT molecular complexity index is 384. The van der Waals surface area contributed by atoms with E-state index < -0.39 is 0 Å². The standard InChI is InChI=1S/C15H20Cl2O/c16-13-7-8-14(17)12(9-13)10-15(18)11-5-3-1-2-4-6-11/h7-9,11,15,18H,1-6,10H2. The Balaban J connectivity index is 2.00. The zero-order valence-electron chi connectivity index (χ0n) is 10.5. The summed E-state index contributed by atoms with van der Waals surface area (Å²) in [5, 5.41) is 11.7. The molecular formula is C15H20Cl2O. The van der Waals surface area contributed by atoms with Gasteiger partial charge in [0.1, 0.15) is 0 Å². The minimum atomic E-state index is -0.293. The average Bonchev–Trinajstić information content (AvgIpc) is 2.62. The van der Waals surface area contributed by atoms with Gasteiger partial charge in [-0.25, -0.2) is 0 Å². The second kappa shape index (κ2) is 6.79. The number of aliphatic hydroxyl groups is 1. The van der Waals surface area contributed by atoms with Crippen molar-refractivity contribution in [1.29, 1.82) is 0 Å². The summed E-state index contributed by atoms with van der Waals surface area (Å²) in [6.07, 6.45) is 7.69. The van der Waals surface area contributed by atoms with E-state index in [1.54, 1.807) is 12.1 Å². The highest BCUT2D eigenvalue weighted by Crippen LogP contribution is 2.29. The molecule has 18 heavy (non-hydrogen) atoms. The molecule has 1 aromatic rings. The molecule has 1 saturated carbocycles. The molecular weight excluding hydrogens is 267 g/mol. The van der Waals surface area contributed by atoms with Crippen LogP contribution in [0.4, 0.5) is 0 Å². The van der Waals surface area contributed by atoms with Crippen molar-refractivity contribution in [2.75, 3.05) is 0 Å². The van der Waals surface area contributed by atoms with E-state index in [1.165, 1.54) is 25.7 Å². The van der Waals surface area contributed by atoms with Crippen molar-refractivity contribution in [1.82, 2.24) is 0 Å². The van der Waals surface area contributed by atoms with Gasteiger partial charge < -0.3 is 5.11 Å². The molecule has 0 heterocycles. The maximum atomic E-state index is 10.4. The fourth-order valence-electron chi connectivity index (χ4n) is 2.79. The number of hydrogen-bond donors (Lipinski definition) is 1. The largest absolute Gasteiger partial charge is 0.392 e. The molecule has 1 atom stereocenters. The van der Waals surface area contributed by atoms with Crippen molar-refractivity contribution < 1.29 is 5.11 Å². The van der Waals surface area contributed by atoms with E-state index in [2.05, 4.69) is 0 Å². The molecule has 1 fully saturated rings. The van der Waals surface area contributed by atoms with Crippen molar-refractivity contribution in [3.63, 3.8) is 0 Å². The summed E-state index contributed by atoms with van der Waals surface area (Å²) in [7, 11) is 0. The Kier molecular flexibility index (Phi) is 5.35. The highest BCUT2D eigenvalue weighted by Gasteiger charge is 2.21. The van der Waals surface area contributed by atoms with Crippen LogP contribution in [0.15, 0.2) is 18.2 Å². The Morgan fingerprint density at radius 2 is 1.78 bits per heavy atom. The second-order valence-corrected chi connectivity index (χ2v) is 6.10. The minimum Gasteiger partial charge on any atom is -0.392 e. The number of hydrogen-bond acceptors (Lipinski definition) is 1. The van der Waals surface area contributed by atoms with Crippen LogP contribution in [-0.4, -0.2) is 11.2 Å². The predicted octanol–water partition coefficient (Wildman–Crippen LogP) is 4.87. The maximum Gasteiger partial charge on any atom is 0.0609 e. The zero-order chi connectivity index (χ0) is 13.0. The first-order valence-electron chi connectivity index (χ1n) is 6.79. The van der Waals surface area contributed by atoms with Gasteiger partial charge in [-0.1, -0.05) is 48.9 Å². The van der Waals surface area contributed by atoms with Gasteiger partial charge in [0.05, 0.1) is 6.10 Å². The van der Waals surface area contributed by atoms with E-state index in [4.69, 9.17) is 23.2 Å². The van der Waals surface area contributed by atoms with Crippen LogP contribution in [-0.2, 0) is 6.42 Å². The van der Waals surface area contributed by atoms with Crippen molar-refractivity contribution in [3.05, 3.63) is 33.8 Å². The van der Waals surface area contributed by atoms with E-state index in [0.29, 0.717) is 22.4 Å². The average molecular weight is 287 g/mol. The zero-order valence-corrected chi connectivity index (χ0v) is 12.1. The third-order valence-corrected chi connectivity index (χ3v) is 4.48. The van der Waals surface area contributed by atoms with E-state index in [0.717, 1.165) is 18.4 Å². The lowest BCUT2D eigenvalue weighted by atomic mass is 9.90. The summed E-state index contributed by atoms with van der Waals surface area (Å²) in [5.74, 6) is 0.419. The van der Waals surface area contributed by atoms with Gasteiger partial charge in [-0.05, 0) is 42.5 Å². The SMILES string of the molecule is OC(Cc1cc(Cl)ccc1Cl)C1CCCCCC1. The van der Waals surface area contributed by atoms with Gasteiger partial charge in [0.25, 0.3) is 0 Å². The third-order valence-electron chi connectivity index (χ3n) is 3.88. The summed E-state index contributed by atoms with van der Waals surface area (Å²) >= 11 is 12.1. The quantitative estimate of drug-likeness (QED) is 0.786. The van der Waals surface area contributed by atoms with E-state index in [9.17, 15) is 5.11 Å². The van der Waals surface area contributed by atoms with Gasteiger partial charge in [0.15, 0.2) is 0 Å². The van der Waals surface area contributed by atoms with Gasteiger partial charge in [-0.15, -0.1) is 0 Å². The Hall–Kier alpha value is -0.240. The summed E-state index contributed by atoms with van der Waals surface area (Å²) < 4.78 is 0. The van der Waals surface area contributed by atoms with E-state index >= 15 is 0 Å². The fraction of sp³-hybridized carbons (Fsp3) is 0.600. The van der Waals surface area contributed by atoms with Crippen LogP contribution in [0, 0.1) is 5.92 Å². The lowest BCUT2D eigenvalue weighted by molar-refractivity contribution is 0.0986. The van der Waals surface area contributed by atoms with Crippen LogP contribution in [0.3, 0.4) is 0 Å². The molecule has 0 amide bonds. The molecule has 1 aliphatic carbocycles. The van der Waals surface area contributed by atoms with Crippen LogP contribution in [0.25, 0.3) is 0 Å². The summed E-state index contributed by atoms with van der Waals surface area (Å²) in [5.41, 5.74) is 0.959. The lowest BCUT2D eigenvalue weighted by Gasteiger charge is -2.21. The molecule has 2 rings (SSSR count). The molecule has 0 spiro atoms. The van der Waals surface area contributed by atoms with Gasteiger partial charge in [0.2, 0.25) is 0 Å². The van der Waals surface area contributed by atoms with Crippen molar-refractivity contribution in [3.8, 4) is 0 Å². The first-order chi connectivity index (χ1) is 8.66. The number of rotatable bonds is 3. The highest BCUT2D eigenvalue weighted by molar-refractivity contribution is 6.33. The third kappa shape index (κ3) is 3.88. The highest BCUT2D eigenvalue weighted by atomic mass is 35.5. The van der Waals surface area contributed by atoms with Gasteiger partial charge >= 0.3 is 0 Å². The van der Waals surface area contributed by atoms with Crippen LogP contribution in [0.2, 0.25) is 10.0 Å². The molecule has 1 nitrogen and oxygen atoms in total. The molecule has 0 aromatic heterocycles. The summed E-state index contributed by atoms with van der Waals surface area (Å²) in [6, 6.07) is 5.45. The first-order valence-corrected chi connectivity index (χ1v) is 7.54. The minimum absolute atomic E-state index is 0.293. The van der Waals surface area contributed by atoms with Crippen molar-refractivity contribution in [2.45, 2.75) is 51.0 Å². The molecule has 1 aromatic carbocycles. The predicted molar refractivity (Wildman–Crippen MR) is 77.4 cm³/mol. The van der Waals surface area contributed by atoms with E-state index in [-0.39, 0.29) is 6.10 Å². The molecule has 0 bridgehead atoms. The molecule has 3 heteroatoms. The topological polar surface area (TPSA) is 20.2 Å². The molecule has 1 N–H and O–H groups in total. The van der Waals surface area contributed by atoms with Crippen molar-refractivity contribution >= 4 is 23.2 Å². The van der Waals surface area contributed by atoms with Crippen LogP contribution in [0.1, 0.15) is 44.1 Å². The lowest BCUT2D eigenvalue weighted by Crippen LogP contribution is -2.22. The molecule has 0 aliphatic heterocycles. The Morgan fingerprint density at radius 1 is 1.11 bits per heavy atom. The first kappa shape index (κ1) is 14.2. The summed E-state index contributed by atoms with van der Waals surface area (Å²) in [6.45, 7) is 0. The van der Waals surface area contributed by atoms with Crippen LogP contribution < -0.4 is 0 Å². The van der Waals surface area contributed by atoms with E-state index in [1.807, 2.05) is 6.07 Å². The summed E-state index contributed by atoms with van der Waals surface area (Å²) in [4.78, 5) is 0. The normalized spacial score (nSPS) is 19.5. The van der Waals surface area contributed by atoms with Crippen LogP contribution >= 0.6 is 23.2 Å². The fourth-order valence-corrected chi connectivity index (χ4v) is 3.18. The maximum absolute atomic E-state index is 10.4. The molecule has 0 radical (unpaired) electrons. The number of halogens is 2. The second-order valence-electron chi connectivity index (χ2n) is 5.26. The molecule has 1 aliphatic rings. The van der Waals surface area contributed by atoms with Crippen molar-refractivity contribution in [2.24, 2.45) is 5.92 Å². The van der Waals surface area contributed by atoms with Gasteiger partial charge in [0, 0.05) is 16.5 Å². The number of aliphatic hydroxyl groups excluding tert-OH is 1.